The molecule has 2 amide bonds. The van der Waals surface area contributed by atoms with Crippen LogP contribution in [0.25, 0.3) is 0 Å². The zero-order valence-corrected chi connectivity index (χ0v) is 23.1. The fraction of sp³-hybridized carbons (Fsp3) is 0.440. The highest BCUT2D eigenvalue weighted by molar-refractivity contribution is 9.10. The number of sulfonamides is 1. The third kappa shape index (κ3) is 7.69. The van der Waals surface area contributed by atoms with Crippen LogP contribution in [0.3, 0.4) is 0 Å². The zero-order valence-electron chi connectivity index (χ0n) is 19.9. The predicted molar refractivity (Wildman–Crippen MR) is 143 cm³/mol. The normalized spacial score (nSPS) is 15.3. The molecule has 3 rings (SSSR count). The summed E-state index contributed by atoms with van der Waals surface area (Å²) in [5.74, 6) is -0.757. The number of carbonyl (C=O) groups excluding carboxylic acids is 2. The fourth-order valence-electron chi connectivity index (χ4n) is 4.21. The second-order valence-electron chi connectivity index (χ2n) is 8.88. The van der Waals surface area contributed by atoms with E-state index in [1.807, 2.05) is 0 Å². The van der Waals surface area contributed by atoms with Crippen molar-refractivity contribution < 1.29 is 18.0 Å². The van der Waals surface area contributed by atoms with E-state index in [-0.39, 0.29) is 18.5 Å². The van der Waals surface area contributed by atoms with Gasteiger partial charge in [0.15, 0.2) is 0 Å². The first-order valence-corrected chi connectivity index (χ1v) is 14.6. The molecular weight excluding hydrogens is 554 g/mol. The highest BCUT2D eigenvalue weighted by Gasteiger charge is 2.31. The lowest BCUT2D eigenvalue weighted by atomic mass is 9.95. The van der Waals surface area contributed by atoms with Crippen LogP contribution in [0.2, 0.25) is 5.02 Å². The second-order valence-corrected chi connectivity index (χ2v) is 12.1. The minimum absolute atomic E-state index is 0.0772. The summed E-state index contributed by atoms with van der Waals surface area (Å²) in [5, 5.41) is 3.54. The maximum absolute atomic E-state index is 13.6. The lowest BCUT2D eigenvalue weighted by Gasteiger charge is -2.33. The van der Waals surface area contributed by atoms with Crippen LogP contribution in [0, 0.1) is 0 Å². The summed E-state index contributed by atoms with van der Waals surface area (Å²) in [4.78, 5) is 28.1. The summed E-state index contributed by atoms with van der Waals surface area (Å²) in [6, 6.07) is 13.1. The highest BCUT2D eigenvalue weighted by Crippen LogP contribution is 2.24. The van der Waals surface area contributed by atoms with E-state index in [9.17, 15) is 18.0 Å². The van der Waals surface area contributed by atoms with Crippen LogP contribution in [0.5, 0.6) is 0 Å². The molecule has 2 aromatic rings. The van der Waals surface area contributed by atoms with Crippen LogP contribution in [0.1, 0.15) is 44.6 Å². The Hall–Kier alpha value is -2.10. The molecular formula is C25H31BrClN3O4S. The third-order valence-electron chi connectivity index (χ3n) is 6.19. The minimum Gasteiger partial charge on any atom is -0.352 e. The van der Waals surface area contributed by atoms with Crippen molar-refractivity contribution in [1.82, 2.24) is 10.2 Å². The molecule has 0 unspecified atom stereocenters. The van der Waals surface area contributed by atoms with E-state index in [0.717, 1.165) is 42.7 Å². The van der Waals surface area contributed by atoms with Gasteiger partial charge >= 0.3 is 0 Å². The molecule has 1 N–H and O–H groups in total. The van der Waals surface area contributed by atoms with E-state index in [1.165, 1.54) is 4.90 Å². The molecule has 190 valence electrons. The summed E-state index contributed by atoms with van der Waals surface area (Å²) in [5.41, 5.74) is 1.03. The number of amides is 2. The Balaban J connectivity index is 1.88. The standard InChI is InChI=1S/C25H31BrClN3O4S/c1-18(25(32)28-21-11-4-3-5-12-21)29(16-19-9-6-7-14-23(19)27)24(31)17-30(35(2,33)34)22-13-8-10-20(26)15-22/h6-10,13-15,18,21H,3-5,11-12,16-17H2,1-2H3,(H,28,32)/t18-/m0/s1. The quantitative estimate of drug-likeness (QED) is 0.462. The molecule has 35 heavy (non-hydrogen) atoms. The lowest BCUT2D eigenvalue weighted by Crippen LogP contribution is -2.53. The summed E-state index contributed by atoms with van der Waals surface area (Å²) >= 11 is 9.70. The molecule has 0 heterocycles. The summed E-state index contributed by atoms with van der Waals surface area (Å²) in [6.45, 7) is 1.30. The van der Waals surface area contributed by atoms with Gasteiger partial charge in [-0.25, -0.2) is 8.42 Å². The minimum atomic E-state index is -3.77. The summed E-state index contributed by atoms with van der Waals surface area (Å²) in [7, 11) is -3.77. The van der Waals surface area contributed by atoms with Gasteiger partial charge in [0.2, 0.25) is 21.8 Å². The zero-order chi connectivity index (χ0) is 25.6. The Morgan fingerprint density at radius 2 is 1.80 bits per heavy atom. The van der Waals surface area contributed by atoms with Crippen molar-refractivity contribution in [3.05, 3.63) is 63.6 Å². The number of hydrogen-bond acceptors (Lipinski definition) is 4. The highest BCUT2D eigenvalue weighted by atomic mass is 79.9. The Kier molecular flexibility index (Phi) is 9.61. The van der Waals surface area contributed by atoms with E-state index in [1.54, 1.807) is 55.5 Å². The van der Waals surface area contributed by atoms with Gasteiger partial charge in [0.25, 0.3) is 0 Å². The average molecular weight is 585 g/mol. The van der Waals surface area contributed by atoms with Crippen LogP contribution in [-0.2, 0) is 26.2 Å². The van der Waals surface area contributed by atoms with Gasteiger partial charge in [0, 0.05) is 22.1 Å². The van der Waals surface area contributed by atoms with Gasteiger partial charge in [0.05, 0.1) is 11.9 Å². The third-order valence-corrected chi connectivity index (χ3v) is 8.20. The van der Waals surface area contributed by atoms with Crippen LogP contribution in [-0.4, -0.2) is 50.0 Å². The Morgan fingerprint density at radius 3 is 2.43 bits per heavy atom. The number of benzene rings is 2. The fourth-order valence-corrected chi connectivity index (χ4v) is 5.63. The summed E-state index contributed by atoms with van der Waals surface area (Å²) in [6.07, 6.45) is 6.19. The number of rotatable bonds is 9. The van der Waals surface area contributed by atoms with Gasteiger partial charge in [-0.2, -0.15) is 0 Å². The predicted octanol–water partition coefficient (Wildman–Crippen LogP) is 4.73. The Labute approximate surface area is 221 Å². The molecule has 1 fully saturated rings. The topological polar surface area (TPSA) is 86.8 Å². The van der Waals surface area contributed by atoms with Crippen molar-refractivity contribution in [2.45, 2.75) is 57.7 Å². The molecule has 0 aromatic heterocycles. The molecule has 0 saturated heterocycles. The van der Waals surface area contributed by atoms with Crippen molar-refractivity contribution >= 4 is 55.1 Å². The van der Waals surface area contributed by atoms with Gasteiger partial charge < -0.3 is 10.2 Å². The molecule has 0 radical (unpaired) electrons. The molecule has 0 spiro atoms. The van der Waals surface area contributed by atoms with Gasteiger partial charge in [0.1, 0.15) is 12.6 Å². The molecule has 1 saturated carbocycles. The molecule has 1 atom stereocenters. The molecule has 10 heteroatoms. The second kappa shape index (κ2) is 12.2. The lowest BCUT2D eigenvalue weighted by molar-refractivity contribution is -0.139. The van der Waals surface area contributed by atoms with E-state index < -0.39 is 28.5 Å². The van der Waals surface area contributed by atoms with Crippen molar-refractivity contribution in [2.24, 2.45) is 0 Å². The van der Waals surface area contributed by atoms with Crippen LogP contribution in [0.4, 0.5) is 5.69 Å². The number of nitrogens with one attached hydrogen (secondary N) is 1. The first kappa shape index (κ1) is 27.5. The van der Waals surface area contributed by atoms with Gasteiger partial charge in [-0.3, -0.25) is 13.9 Å². The smallest absolute Gasteiger partial charge is 0.244 e. The largest absolute Gasteiger partial charge is 0.352 e. The van der Waals surface area contributed by atoms with Gasteiger partial charge in [-0.1, -0.05) is 71.1 Å². The molecule has 7 nitrogen and oxygen atoms in total. The SMILES string of the molecule is C[C@@H](C(=O)NC1CCCCC1)N(Cc1ccccc1Cl)C(=O)CN(c1cccc(Br)c1)S(C)(=O)=O. The molecule has 2 aromatic carbocycles. The van der Waals surface area contributed by atoms with E-state index in [2.05, 4.69) is 21.2 Å². The number of halogens is 2. The summed E-state index contributed by atoms with van der Waals surface area (Å²) < 4.78 is 27.0. The van der Waals surface area contributed by atoms with Gasteiger partial charge in [-0.05, 0) is 49.6 Å². The Bertz CT molecular complexity index is 1150. The molecule has 0 aliphatic heterocycles. The molecule has 1 aliphatic carbocycles. The van der Waals surface area contributed by atoms with Crippen molar-refractivity contribution in [1.29, 1.82) is 0 Å². The van der Waals surface area contributed by atoms with Crippen LogP contribution in [0.15, 0.2) is 53.0 Å². The molecule has 0 bridgehead atoms. The first-order chi connectivity index (χ1) is 16.6. The van der Waals surface area contributed by atoms with Crippen molar-refractivity contribution in [3.8, 4) is 0 Å². The first-order valence-electron chi connectivity index (χ1n) is 11.6. The maximum Gasteiger partial charge on any atom is 0.244 e. The monoisotopic (exact) mass is 583 g/mol. The number of hydrogen-bond donors (Lipinski definition) is 1. The average Bonchev–Trinajstić information content (AvgIpc) is 2.81. The van der Waals surface area contributed by atoms with Crippen molar-refractivity contribution in [2.75, 3.05) is 17.1 Å². The maximum atomic E-state index is 13.6. The number of nitrogens with zero attached hydrogens (tertiary/aromatic N) is 2. The molecule has 1 aliphatic rings. The van der Waals surface area contributed by atoms with E-state index in [4.69, 9.17) is 11.6 Å². The number of carbonyl (C=O) groups is 2. The Morgan fingerprint density at radius 1 is 1.11 bits per heavy atom. The van der Waals surface area contributed by atoms with E-state index in [0.29, 0.717) is 20.7 Å². The number of anilines is 1. The van der Waals surface area contributed by atoms with Gasteiger partial charge in [-0.15, -0.1) is 0 Å². The van der Waals surface area contributed by atoms with E-state index >= 15 is 0 Å². The van der Waals surface area contributed by atoms with Crippen LogP contribution < -0.4 is 9.62 Å². The van der Waals surface area contributed by atoms with Crippen LogP contribution >= 0.6 is 27.5 Å². The van der Waals surface area contributed by atoms with Crippen molar-refractivity contribution in [3.63, 3.8) is 0 Å².